The topological polar surface area (TPSA) is 41.1 Å². The number of carbonyl (C=O) groups excluding carboxylic acids is 1. The number of amides is 1. The van der Waals surface area contributed by atoms with Crippen LogP contribution in [0.3, 0.4) is 0 Å². The molecule has 19 heavy (non-hydrogen) atoms. The average molecular weight is 262 g/mol. The second-order valence-electron chi connectivity index (χ2n) is 5.09. The SMILES string of the molecule is CCC(CC)(CC)NC(=O)c1ccc(C)cc1NC. The Labute approximate surface area is 116 Å². The van der Waals surface area contributed by atoms with Crippen LogP contribution in [0.1, 0.15) is 56.0 Å². The molecule has 0 bridgehead atoms. The second kappa shape index (κ2) is 6.60. The van der Waals surface area contributed by atoms with Gasteiger partial charge in [0.1, 0.15) is 0 Å². The van der Waals surface area contributed by atoms with E-state index in [1.165, 1.54) is 0 Å². The van der Waals surface area contributed by atoms with Crippen LogP contribution in [0.4, 0.5) is 5.69 Å². The van der Waals surface area contributed by atoms with E-state index in [-0.39, 0.29) is 11.4 Å². The van der Waals surface area contributed by atoms with Gasteiger partial charge in [0.2, 0.25) is 0 Å². The highest BCUT2D eigenvalue weighted by Crippen LogP contribution is 2.22. The van der Waals surface area contributed by atoms with Gasteiger partial charge in [0.25, 0.3) is 5.91 Å². The molecule has 0 aliphatic heterocycles. The zero-order chi connectivity index (χ0) is 14.5. The lowest BCUT2D eigenvalue weighted by Crippen LogP contribution is -2.47. The predicted molar refractivity (Wildman–Crippen MR) is 81.8 cm³/mol. The average Bonchev–Trinajstić information content (AvgIpc) is 2.44. The maximum Gasteiger partial charge on any atom is 0.253 e. The highest BCUT2D eigenvalue weighted by molar-refractivity contribution is 6.00. The number of carbonyl (C=O) groups is 1. The third-order valence-corrected chi connectivity index (χ3v) is 4.10. The van der Waals surface area contributed by atoms with Crippen molar-refractivity contribution in [1.82, 2.24) is 5.32 Å². The minimum Gasteiger partial charge on any atom is -0.387 e. The van der Waals surface area contributed by atoms with Crippen LogP contribution in [-0.4, -0.2) is 18.5 Å². The van der Waals surface area contributed by atoms with E-state index in [1.54, 1.807) is 0 Å². The largest absolute Gasteiger partial charge is 0.387 e. The molecule has 1 aromatic carbocycles. The van der Waals surface area contributed by atoms with Gasteiger partial charge in [-0.3, -0.25) is 4.79 Å². The van der Waals surface area contributed by atoms with E-state index in [4.69, 9.17) is 0 Å². The number of aryl methyl sites for hydroxylation is 1. The number of hydrogen-bond acceptors (Lipinski definition) is 2. The van der Waals surface area contributed by atoms with Crippen molar-refractivity contribution in [3.8, 4) is 0 Å². The molecule has 106 valence electrons. The van der Waals surface area contributed by atoms with Gasteiger partial charge in [-0.1, -0.05) is 26.8 Å². The van der Waals surface area contributed by atoms with Gasteiger partial charge < -0.3 is 10.6 Å². The molecule has 3 heteroatoms. The highest BCUT2D eigenvalue weighted by Gasteiger charge is 2.27. The summed E-state index contributed by atoms with van der Waals surface area (Å²) in [5.41, 5.74) is 2.66. The number of nitrogens with one attached hydrogen (secondary N) is 2. The first-order valence-electron chi connectivity index (χ1n) is 7.12. The first kappa shape index (κ1) is 15.5. The van der Waals surface area contributed by atoms with Gasteiger partial charge in [-0.05, 0) is 43.9 Å². The van der Waals surface area contributed by atoms with E-state index in [1.807, 2.05) is 32.2 Å². The van der Waals surface area contributed by atoms with Crippen LogP contribution in [0.5, 0.6) is 0 Å². The normalized spacial score (nSPS) is 11.2. The lowest BCUT2D eigenvalue weighted by Gasteiger charge is -2.32. The van der Waals surface area contributed by atoms with Crippen LogP contribution in [-0.2, 0) is 0 Å². The van der Waals surface area contributed by atoms with Crippen molar-refractivity contribution >= 4 is 11.6 Å². The highest BCUT2D eigenvalue weighted by atomic mass is 16.1. The van der Waals surface area contributed by atoms with Crippen molar-refractivity contribution in [3.05, 3.63) is 29.3 Å². The standard InChI is InChI=1S/C16H26N2O/c1-6-16(7-2,8-3)18-15(19)13-10-9-12(4)11-14(13)17-5/h9-11,17H,6-8H2,1-5H3,(H,18,19). The maximum absolute atomic E-state index is 12.5. The Morgan fingerprint density at radius 2 is 1.74 bits per heavy atom. The van der Waals surface area contributed by atoms with E-state index in [9.17, 15) is 4.79 Å². The quantitative estimate of drug-likeness (QED) is 0.820. The monoisotopic (exact) mass is 262 g/mol. The number of rotatable bonds is 6. The minimum absolute atomic E-state index is 0.00917. The van der Waals surface area contributed by atoms with E-state index in [2.05, 4.69) is 31.4 Å². The first-order valence-corrected chi connectivity index (χ1v) is 7.12. The summed E-state index contributed by atoms with van der Waals surface area (Å²) in [5.74, 6) is 0.00917. The summed E-state index contributed by atoms with van der Waals surface area (Å²) < 4.78 is 0. The fourth-order valence-corrected chi connectivity index (χ4v) is 2.39. The third kappa shape index (κ3) is 3.49. The maximum atomic E-state index is 12.5. The first-order chi connectivity index (χ1) is 9.01. The molecular formula is C16H26N2O. The zero-order valence-electron chi connectivity index (χ0n) is 12.8. The predicted octanol–water partition coefficient (Wildman–Crippen LogP) is 3.74. The minimum atomic E-state index is -0.0903. The Hall–Kier alpha value is -1.51. The molecule has 0 aromatic heterocycles. The molecule has 0 saturated carbocycles. The van der Waals surface area contributed by atoms with Gasteiger partial charge in [-0.2, -0.15) is 0 Å². The molecule has 1 amide bonds. The molecule has 0 radical (unpaired) electrons. The molecule has 0 unspecified atom stereocenters. The molecule has 0 atom stereocenters. The molecule has 0 aliphatic rings. The molecule has 0 aliphatic carbocycles. The smallest absolute Gasteiger partial charge is 0.253 e. The van der Waals surface area contributed by atoms with Crippen molar-refractivity contribution in [2.24, 2.45) is 0 Å². The third-order valence-electron chi connectivity index (χ3n) is 4.10. The van der Waals surface area contributed by atoms with Gasteiger partial charge >= 0.3 is 0 Å². The molecule has 3 nitrogen and oxygen atoms in total. The Morgan fingerprint density at radius 1 is 1.16 bits per heavy atom. The summed E-state index contributed by atoms with van der Waals surface area (Å²) in [5, 5.41) is 6.31. The summed E-state index contributed by atoms with van der Waals surface area (Å²) >= 11 is 0. The summed E-state index contributed by atoms with van der Waals surface area (Å²) in [4.78, 5) is 12.5. The van der Waals surface area contributed by atoms with Gasteiger partial charge in [0.05, 0.1) is 5.56 Å². The Balaban J connectivity index is 3.01. The van der Waals surface area contributed by atoms with Crippen molar-refractivity contribution in [3.63, 3.8) is 0 Å². The lowest BCUT2D eigenvalue weighted by molar-refractivity contribution is 0.0889. The molecule has 2 N–H and O–H groups in total. The van der Waals surface area contributed by atoms with E-state index in [0.717, 1.165) is 30.5 Å². The number of anilines is 1. The molecular weight excluding hydrogens is 236 g/mol. The van der Waals surface area contributed by atoms with E-state index >= 15 is 0 Å². The van der Waals surface area contributed by atoms with E-state index < -0.39 is 0 Å². The summed E-state index contributed by atoms with van der Waals surface area (Å²) in [7, 11) is 1.85. The fraction of sp³-hybridized carbons (Fsp3) is 0.562. The van der Waals surface area contributed by atoms with Crippen LogP contribution in [0.2, 0.25) is 0 Å². The van der Waals surface area contributed by atoms with Crippen molar-refractivity contribution < 1.29 is 4.79 Å². The second-order valence-corrected chi connectivity index (χ2v) is 5.09. The number of hydrogen-bond donors (Lipinski definition) is 2. The van der Waals surface area contributed by atoms with E-state index in [0.29, 0.717) is 5.56 Å². The van der Waals surface area contributed by atoms with Crippen molar-refractivity contribution in [1.29, 1.82) is 0 Å². The number of benzene rings is 1. The van der Waals surface area contributed by atoms with Crippen molar-refractivity contribution in [2.75, 3.05) is 12.4 Å². The Bertz CT molecular complexity index is 428. The molecule has 1 rings (SSSR count). The summed E-state index contributed by atoms with van der Waals surface area (Å²) in [6, 6.07) is 5.87. The van der Waals surface area contributed by atoms with Gasteiger partial charge in [-0.25, -0.2) is 0 Å². The van der Waals surface area contributed by atoms with Crippen LogP contribution in [0, 0.1) is 6.92 Å². The molecule has 0 saturated heterocycles. The molecule has 0 spiro atoms. The fourth-order valence-electron chi connectivity index (χ4n) is 2.39. The Morgan fingerprint density at radius 3 is 2.21 bits per heavy atom. The van der Waals surface area contributed by atoms with Crippen LogP contribution < -0.4 is 10.6 Å². The van der Waals surface area contributed by atoms with Crippen molar-refractivity contribution in [2.45, 2.75) is 52.5 Å². The molecule has 0 heterocycles. The van der Waals surface area contributed by atoms with Crippen LogP contribution >= 0.6 is 0 Å². The van der Waals surface area contributed by atoms with Crippen LogP contribution in [0.25, 0.3) is 0 Å². The molecule has 0 fully saturated rings. The summed E-state index contributed by atoms with van der Waals surface area (Å²) in [6.45, 7) is 8.40. The van der Waals surface area contributed by atoms with Crippen LogP contribution in [0.15, 0.2) is 18.2 Å². The summed E-state index contributed by atoms with van der Waals surface area (Å²) in [6.07, 6.45) is 2.85. The van der Waals surface area contributed by atoms with Gasteiger partial charge in [0, 0.05) is 18.3 Å². The van der Waals surface area contributed by atoms with Gasteiger partial charge in [0.15, 0.2) is 0 Å². The lowest BCUT2D eigenvalue weighted by atomic mass is 9.89. The molecule has 1 aromatic rings. The van der Waals surface area contributed by atoms with Gasteiger partial charge in [-0.15, -0.1) is 0 Å². The zero-order valence-corrected chi connectivity index (χ0v) is 12.8. The Kier molecular flexibility index (Phi) is 5.40.